The molecule has 0 atom stereocenters. The van der Waals surface area contributed by atoms with Crippen molar-refractivity contribution in [3.63, 3.8) is 0 Å². The summed E-state index contributed by atoms with van der Waals surface area (Å²) in [7, 11) is 3.52. The van der Waals surface area contributed by atoms with Crippen molar-refractivity contribution in [1.82, 2.24) is 14.8 Å². The van der Waals surface area contributed by atoms with Gasteiger partial charge in [-0.15, -0.1) is 0 Å². The third-order valence-corrected chi connectivity index (χ3v) is 2.20. The van der Waals surface area contributed by atoms with E-state index in [0.29, 0.717) is 6.54 Å². The summed E-state index contributed by atoms with van der Waals surface area (Å²) >= 11 is 0. The minimum Gasteiger partial charge on any atom is -0.495 e. The molecular formula is C11H14N4O. The van der Waals surface area contributed by atoms with Gasteiger partial charge in [-0.1, -0.05) is 0 Å². The van der Waals surface area contributed by atoms with Gasteiger partial charge >= 0.3 is 0 Å². The largest absolute Gasteiger partial charge is 0.495 e. The van der Waals surface area contributed by atoms with Gasteiger partial charge in [0.15, 0.2) is 0 Å². The summed E-state index contributed by atoms with van der Waals surface area (Å²) in [6, 6.07) is 3.76. The normalized spacial score (nSPS) is 10.1. The van der Waals surface area contributed by atoms with Crippen LogP contribution in [0.25, 0.3) is 0 Å². The molecule has 0 radical (unpaired) electrons. The highest BCUT2D eigenvalue weighted by Crippen LogP contribution is 2.11. The van der Waals surface area contributed by atoms with Crippen molar-refractivity contribution in [1.29, 1.82) is 0 Å². The van der Waals surface area contributed by atoms with Gasteiger partial charge in [0.25, 0.3) is 0 Å². The molecule has 1 N–H and O–H groups in total. The van der Waals surface area contributed by atoms with Crippen molar-refractivity contribution >= 4 is 5.82 Å². The summed E-state index contributed by atoms with van der Waals surface area (Å²) < 4.78 is 6.81. The van der Waals surface area contributed by atoms with E-state index in [9.17, 15) is 0 Å². The number of hydrogen-bond acceptors (Lipinski definition) is 4. The van der Waals surface area contributed by atoms with Gasteiger partial charge in [0.05, 0.1) is 19.5 Å². The van der Waals surface area contributed by atoms with Crippen molar-refractivity contribution < 1.29 is 4.74 Å². The molecule has 0 amide bonds. The SMILES string of the molecule is COc1ccc(NCc2cnn(C)c2)nc1. The summed E-state index contributed by atoms with van der Waals surface area (Å²) in [5.41, 5.74) is 1.13. The van der Waals surface area contributed by atoms with E-state index in [1.807, 2.05) is 31.6 Å². The Kier molecular flexibility index (Phi) is 3.05. The predicted octanol–water partition coefficient (Wildman–Crippen LogP) is 1.44. The number of aromatic nitrogens is 3. The molecule has 0 aromatic carbocycles. The summed E-state index contributed by atoms with van der Waals surface area (Å²) in [4.78, 5) is 4.21. The molecule has 2 aromatic heterocycles. The van der Waals surface area contributed by atoms with Gasteiger partial charge in [0.1, 0.15) is 11.6 Å². The van der Waals surface area contributed by atoms with Crippen molar-refractivity contribution in [2.45, 2.75) is 6.54 Å². The Morgan fingerprint density at radius 2 is 2.25 bits per heavy atom. The Labute approximate surface area is 94.1 Å². The van der Waals surface area contributed by atoms with Crippen LogP contribution in [0.3, 0.4) is 0 Å². The molecule has 0 unspecified atom stereocenters. The molecule has 0 bridgehead atoms. The van der Waals surface area contributed by atoms with E-state index in [1.54, 1.807) is 18.0 Å². The van der Waals surface area contributed by atoms with Crippen LogP contribution in [0.4, 0.5) is 5.82 Å². The minimum absolute atomic E-state index is 0.715. The summed E-state index contributed by atoms with van der Waals surface area (Å²) in [6.45, 7) is 0.715. The van der Waals surface area contributed by atoms with E-state index in [-0.39, 0.29) is 0 Å². The summed E-state index contributed by atoms with van der Waals surface area (Å²) in [5.74, 6) is 1.58. The van der Waals surface area contributed by atoms with Gasteiger partial charge in [-0.25, -0.2) is 4.98 Å². The van der Waals surface area contributed by atoms with Crippen LogP contribution in [0.2, 0.25) is 0 Å². The molecule has 0 spiro atoms. The van der Waals surface area contributed by atoms with Crippen molar-refractivity contribution in [3.05, 3.63) is 36.3 Å². The van der Waals surface area contributed by atoms with E-state index < -0.39 is 0 Å². The lowest BCUT2D eigenvalue weighted by Crippen LogP contribution is -2.00. The lowest BCUT2D eigenvalue weighted by Gasteiger charge is -2.04. The molecule has 2 aromatic rings. The Bertz CT molecular complexity index is 449. The first kappa shape index (κ1) is 10.5. The third kappa shape index (κ3) is 2.50. The number of nitrogens with zero attached hydrogens (tertiary/aromatic N) is 3. The van der Waals surface area contributed by atoms with Crippen LogP contribution in [-0.4, -0.2) is 21.9 Å². The second kappa shape index (κ2) is 4.65. The maximum Gasteiger partial charge on any atom is 0.137 e. The zero-order valence-electron chi connectivity index (χ0n) is 9.34. The third-order valence-electron chi connectivity index (χ3n) is 2.20. The van der Waals surface area contributed by atoms with E-state index in [2.05, 4.69) is 15.4 Å². The zero-order chi connectivity index (χ0) is 11.4. The Balaban J connectivity index is 1.94. The predicted molar refractivity (Wildman–Crippen MR) is 61.3 cm³/mol. The van der Waals surface area contributed by atoms with E-state index in [4.69, 9.17) is 4.74 Å². The van der Waals surface area contributed by atoms with Crippen molar-refractivity contribution in [2.24, 2.45) is 7.05 Å². The Hall–Kier alpha value is -2.04. The number of pyridine rings is 1. The Morgan fingerprint density at radius 1 is 1.38 bits per heavy atom. The molecule has 0 aliphatic heterocycles. The van der Waals surface area contributed by atoms with Crippen LogP contribution in [0.1, 0.15) is 5.56 Å². The van der Waals surface area contributed by atoms with Gasteiger partial charge in [0.2, 0.25) is 0 Å². The van der Waals surface area contributed by atoms with Crippen LogP contribution in [0, 0.1) is 0 Å². The fraction of sp³-hybridized carbons (Fsp3) is 0.273. The molecule has 2 heterocycles. The van der Waals surface area contributed by atoms with Crippen LogP contribution >= 0.6 is 0 Å². The molecule has 0 aliphatic rings. The molecule has 0 saturated heterocycles. The first-order valence-electron chi connectivity index (χ1n) is 4.99. The molecule has 5 heteroatoms. The van der Waals surface area contributed by atoms with E-state index in [1.165, 1.54) is 0 Å². The minimum atomic E-state index is 0.715. The fourth-order valence-corrected chi connectivity index (χ4v) is 1.36. The first-order valence-corrected chi connectivity index (χ1v) is 4.99. The molecule has 84 valence electrons. The first-order chi connectivity index (χ1) is 7.78. The molecule has 0 saturated carbocycles. The monoisotopic (exact) mass is 218 g/mol. The Morgan fingerprint density at radius 3 is 2.81 bits per heavy atom. The smallest absolute Gasteiger partial charge is 0.137 e. The van der Waals surface area contributed by atoms with Gasteiger partial charge in [-0.05, 0) is 12.1 Å². The average Bonchev–Trinajstić information content (AvgIpc) is 2.73. The van der Waals surface area contributed by atoms with E-state index in [0.717, 1.165) is 17.1 Å². The zero-order valence-corrected chi connectivity index (χ0v) is 9.34. The topological polar surface area (TPSA) is 52.0 Å². The molecular weight excluding hydrogens is 204 g/mol. The number of nitrogens with one attached hydrogen (secondary N) is 1. The number of rotatable bonds is 4. The highest BCUT2D eigenvalue weighted by molar-refractivity contribution is 5.37. The highest BCUT2D eigenvalue weighted by Gasteiger charge is 1.98. The number of ether oxygens (including phenoxy) is 1. The number of aryl methyl sites for hydroxylation is 1. The van der Waals surface area contributed by atoms with Gasteiger partial charge in [-0.3, -0.25) is 4.68 Å². The van der Waals surface area contributed by atoms with E-state index >= 15 is 0 Å². The summed E-state index contributed by atoms with van der Waals surface area (Å²) in [6.07, 6.45) is 5.48. The number of methoxy groups -OCH3 is 1. The van der Waals surface area contributed by atoms with Crippen LogP contribution in [0.5, 0.6) is 5.75 Å². The molecule has 16 heavy (non-hydrogen) atoms. The lowest BCUT2D eigenvalue weighted by atomic mass is 10.3. The summed E-state index contributed by atoms with van der Waals surface area (Å²) in [5, 5.41) is 7.30. The standard InChI is InChI=1S/C11H14N4O/c1-15-8-9(6-14-15)5-12-11-4-3-10(16-2)7-13-11/h3-4,6-8H,5H2,1-2H3,(H,12,13). The average molecular weight is 218 g/mol. The second-order valence-corrected chi connectivity index (χ2v) is 3.46. The lowest BCUT2D eigenvalue weighted by molar-refractivity contribution is 0.413. The maximum atomic E-state index is 5.03. The number of hydrogen-bond donors (Lipinski definition) is 1. The van der Waals surface area contributed by atoms with Gasteiger partial charge < -0.3 is 10.1 Å². The van der Waals surface area contributed by atoms with Crippen molar-refractivity contribution in [3.8, 4) is 5.75 Å². The quantitative estimate of drug-likeness (QED) is 0.843. The fourth-order valence-electron chi connectivity index (χ4n) is 1.36. The number of anilines is 1. The van der Waals surface area contributed by atoms with Crippen LogP contribution in [-0.2, 0) is 13.6 Å². The molecule has 0 fully saturated rings. The highest BCUT2D eigenvalue weighted by atomic mass is 16.5. The van der Waals surface area contributed by atoms with Gasteiger partial charge in [0, 0.05) is 25.4 Å². The molecule has 2 rings (SSSR count). The van der Waals surface area contributed by atoms with Gasteiger partial charge in [-0.2, -0.15) is 5.10 Å². The molecule has 5 nitrogen and oxygen atoms in total. The van der Waals surface area contributed by atoms with Crippen molar-refractivity contribution in [2.75, 3.05) is 12.4 Å². The van der Waals surface area contributed by atoms with Crippen LogP contribution < -0.4 is 10.1 Å². The maximum absolute atomic E-state index is 5.03. The van der Waals surface area contributed by atoms with Crippen LogP contribution in [0.15, 0.2) is 30.7 Å². The second-order valence-electron chi connectivity index (χ2n) is 3.46. The molecule has 0 aliphatic carbocycles.